The highest BCUT2D eigenvalue weighted by Gasteiger charge is 2.23. The van der Waals surface area contributed by atoms with Crippen LogP contribution in [0.5, 0.6) is 0 Å². The number of halogens is 2. The molecule has 2 atom stereocenters. The van der Waals surface area contributed by atoms with E-state index in [0.29, 0.717) is 34.6 Å². The maximum absolute atomic E-state index is 12.0. The largest absolute Gasteiger partial charge is 0.326 e. The summed E-state index contributed by atoms with van der Waals surface area (Å²) in [4.78, 5) is 14.2. The minimum absolute atomic E-state index is 0.0636. The first kappa shape index (κ1) is 16.6. The topological polar surface area (TPSA) is 58.4 Å². The number of hydrogen-bond acceptors (Lipinski definition) is 3. The number of likely N-dealkylation sites (tertiary alicyclic amines) is 1. The second-order valence-electron chi connectivity index (χ2n) is 5.65. The summed E-state index contributed by atoms with van der Waals surface area (Å²) >= 11 is 11.9. The highest BCUT2D eigenvalue weighted by Crippen LogP contribution is 2.25. The van der Waals surface area contributed by atoms with E-state index < -0.39 is 0 Å². The van der Waals surface area contributed by atoms with Gasteiger partial charge in [0, 0.05) is 30.6 Å². The summed E-state index contributed by atoms with van der Waals surface area (Å²) in [5, 5.41) is 3.83. The first-order chi connectivity index (χ1) is 9.95. The zero-order valence-corrected chi connectivity index (χ0v) is 13.6. The Hall–Kier alpha value is -0.810. The number of nitrogens with one attached hydrogen (secondary N) is 1. The van der Waals surface area contributed by atoms with E-state index in [9.17, 15) is 4.79 Å². The van der Waals surface area contributed by atoms with E-state index in [2.05, 4.69) is 17.1 Å². The molecule has 0 aromatic heterocycles. The van der Waals surface area contributed by atoms with E-state index in [0.717, 1.165) is 19.5 Å². The molecule has 0 aliphatic carbocycles. The van der Waals surface area contributed by atoms with Gasteiger partial charge in [-0.2, -0.15) is 0 Å². The minimum atomic E-state index is -0.0636. The third kappa shape index (κ3) is 4.85. The van der Waals surface area contributed by atoms with Gasteiger partial charge >= 0.3 is 0 Å². The van der Waals surface area contributed by atoms with Crippen molar-refractivity contribution in [1.82, 2.24) is 4.90 Å². The van der Waals surface area contributed by atoms with Crippen LogP contribution >= 0.6 is 23.2 Å². The van der Waals surface area contributed by atoms with Gasteiger partial charge in [0.2, 0.25) is 5.91 Å². The molecular weight excluding hydrogens is 309 g/mol. The summed E-state index contributed by atoms with van der Waals surface area (Å²) in [6.07, 6.45) is 1.51. The number of carbonyl (C=O) groups is 1. The second-order valence-corrected chi connectivity index (χ2v) is 6.50. The molecule has 21 heavy (non-hydrogen) atoms. The minimum Gasteiger partial charge on any atom is -0.326 e. The number of nitrogens with two attached hydrogens (primary N) is 1. The Kier molecular flexibility index (Phi) is 5.88. The lowest BCUT2D eigenvalue weighted by Crippen LogP contribution is -2.48. The van der Waals surface area contributed by atoms with E-state index in [1.54, 1.807) is 18.2 Å². The van der Waals surface area contributed by atoms with Crippen LogP contribution in [0.3, 0.4) is 0 Å². The van der Waals surface area contributed by atoms with Gasteiger partial charge < -0.3 is 16.0 Å². The molecule has 0 saturated carbocycles. The van der Waals surface area contributed by atoms with Crippen molar-refractivity contribution >= 4 is 34.8 Å². The second kappa shape index (κ2) is 7.45. The average molecular weight is 330 g/mol. The van der Waals surface area contributed by atoms with Crippen LogP contribution in [-0.2, 0) is 4.79 Å². The van der Waals surface area contributed by atoms with Crippen molar-refractivity contribution in [3.05, 3.63) is 28.2 Å². The molecule has 1 aromatic carbocycles. The molecule has 116 valence electrons. The van der Waals surface area contributed by atoms with Gasteiger partial charge in [-0.3, -0.25) is 4.79 Å². The SMILES string of the molecule is CC1CCN(CCC(=O)Nc2cc(Cl)ccc2Cl)CC1N. The zero-order valence-electron chi connectivity index (χ0n) is 12.1. The van der Waals surface area contributed by atoms with Gasteiger partial charge in [0.25, 0.3) is 0 Å². The number of carbonyl (C=O) groups excluding carboxylic acids is 1. The Morgan fingerprint density at radius 1 is 1.48 bits per heavy atom. The van der Waals surface area contributed by atoms with Crippen molar-refractivity contribution in [1.29, 1.82) is 0 Å². The van der Waals surface area contributed by atoms with Gasteiger partial charge in [-0.05, 0) is 37.1 Å². The Bertz CT molecular complexity index is 510. The first-order valence-corrected chi connectivity index (χ1v) is 7.94. The normalized spacial score (nSPS) is 23.0. The van der Waals surface area contributed by atoms with Gasteiger partial charge in [-0.25, -0.2) is 0 Å². The fraction of sp³-hybridized carbons (Fsp3) is 0.533. The van der Waals surface area contributed by atoms with E-state index >= 15 is 0 Å². The van der Waals surface area contributed by atoms with E-state index in [1.807, 2.05) is 0 Å². The molecule has 1 aliphatic rings. The highest BCUT2D eigenvalue weighted by molar-refractivity contribution is 6.35. The summed E-state index contributed by atoms with van der Waals surface area (Å²) in [6, 6.07) is 5.21. The maximum Gasteiger partial charge on any atom is 0.225 e. The predicted octanol–water partition coefficient (Wildman–Crippen LogP) is 2.99. The van der Waals surface area contributed by atoms with Crippen molar-refractivity contribution in [3.63, 3.8) is 0 Å². The van der Waals surface area contributed by atoms with Gasteiger partial charge in [-0.15, -0.1) is 0 Å². The molecule has 4 nitrogen and oxygen atoms in total. The summed E-state index contributed by atoms with van der Waals surface area (Å²) in [5.41, 5.74) is 6.61. The van der Waals surface area contributed by atoms with Gasteiger partial charge in [-0.1, -0.05) is 30.1 Å². The summed E-state index contributed by atoms with van der Waals surface area (Å²) in [6.45, 7) is 4.74. The molecule has 1 aromatic rings. The van der Waals surface area contributed by atoms with Crippen molar-refractivity contribution in [2.24, 2.45) is 11.7 Å². The van der Waals surface area contributed by atoms with Crippen LogP contribution in [0, 0.1) is 5.92 Å². The van der Waals surface area contributed by atoms with Crippen molar-refractivity contribution < 1.29 is 4.79 Å². The zero-order chi connectivity index (χ0) is 15.4. The van der Waals surface area contributed by atoms with Crippen LogP contribution in [0.25, 0.3) is 0 Å². The first-order valence-electron chi connectivity index (χ1n) is 7.18. The summed E-state index contributed by atoms with van der Waals surface area (Å²) < 4.78 is 0. The molecule has 6 heteroatoms. The monoisotopic (exact) mass is 329 g/mol. The van der Waals surface area contributed by atoms with Crippen molar-refractivity contribution in [2.75, 3.05) is 25.0 Å². The fourth-order valence-electron chi connectivity index (χ4n) is 2.44. The lowest BCUT2D eigenvalue weighted by Gasteiger charge is -2.34. The third-order valence-electron chi connectivity index (χ3n) is 3.96. The van der Waals surface area contributed by atoms with Crippen LogP contribution < -0.4 is 11.1 Å². The molecular formula is C15H21Cl2N3O. The average Bonchev–Trinajstić information content (AvgIpc) is 2.44. The lowest BCUT2D eigenvalue weighted by atomic mass is 9.94. The number of piperidine rings is 1. The smallest absolute Gasteiger partial charge is 0.225 e. The van der Waals surface area contributed by atoms with Crippen LogP contribution in [0.1, 0.15) is 19.8 Å². The molecule has 1 saturated heterocycles. The number of anilines is 1. The highest BCUT2D eigenvalue weighted by atomic mass is 35.5. The maximum atomic E-state index is 12.0. The lowest BCUT2D eigenvalue weighted by molar-refractivity contribution is -0.116. The van der Waals surface area contributed by atoms with E-state index in [4.69, 9.17) is 28.9 Å². The van der Waals surface area contributed by atoms with Crippen LogP contribution in [0.15, 0.2) is 18.2 Å². The standard InChI is InChI=1S/C15H21Cl2N3O/c1-10-4-6-20(9-13(10)18)7-5-15(21)19-14-8-11(16)2-3-12(14)17/h2-3,8,10,13H,4-7,9,18H2,1H3,(H,19,21). The molecule has 2 unspecified atom stereocenters. The molecule has 2 rings (SSSR count). The summed E-state index contributed by atoms with van der Waals surface area (Å²) in [7, 11) is 0. The Balaban J connectivity index is 1.81. The number of hydrogen-bond donors (Lipinski definition) is 2. The molecule has 3 N–H and O–H groups in total. The van der Waals surface area contributed by atoms with Gasteiger partial charge in [0.1, 0.15) is 0 Å². The molecule has 1 amide bonds. The van der Waals surface area contributed by atoms with Crippen LogP contribution in [0.4, 0.5) is 5.69 Å². The number of amides is 1. The molecule has 0 radical (unpaired) electrons. The Morgan fingerprint density at radius 3 is 2.95 bits per heavy atom. The van der Waals surface area contributed by atoms with E-state index in [-0.39, 0.29) is 11.9 Å². The summed E-state index contributed by atoms with van der Waals surface area (Å²) in [5.74, 6) is 0.492. The number of benzene rings is 1. The fourth-order valence-corrected chi connectivity index (χ4v) is 2.78. The molecule has 0 bridgehead atoms. The van der Waals surface area contributed by atoms with Crippen LogP contribution in [-0.4, -0.2) is 36.5 Å². The van der Waals surface area contributed by atoms with Crippen LogP contribution in [0.2, 0.25) is 10.0 Å². The van der Waals surface area contributed by atoms with Gasteiger partial charge in [0.15, 0.2) is 0 Å². The molecule has 1 fully saturated rings. The molecule has 0 spiro atoms. The van der Waals surface area contributed by atoms with E-state index in [1.165, 1.54) is 0 Å². The Labute approximate surface area is 135 Å². The quantitative estimate of drug-likeness (QED) is 0.892. The number of nitrogens with zero attached hydrogens (tertiary/aromatic N) is 1. The Morgan fingerprint density at radius 2 is 2.24 bits per heavy atom. The van der Waals surface area contributed by atoms with Crippen molar-refractivity contribution in [2.45, 2.75) is 25.8 Å². The predicted molar refractivity (Wildman–Crippen MR) is 87.9 cm³/mol. The molecule has 1 heterocycles. The number of rotatable bonds is 4. The molecule has 1 aliphatic heterocycles. The third-order valence-corrected chi connectivity index (χ3v) is 4.52. The van der Waals surface area contributed by atoms with Crippen molar-refractivity contribution in [3.8, 4) is 0 Å². The van der Waals surface area contributed by atoms with Gasteiger partial charge in [0.05, 0.1) is 10.7 Å².